The molecule has 0 radical (unpaired) electrons. The van der Waals surface area contributed by atoms with Gasteiger partial charge >= 0.3 is 0 Å². The first-order chi connectivity index (χ1) is 8.10. The molecule has 0 fully saturated rings. The summed E-state index contributed by atoms with van der Waals surface area (Å²) in [6.45, 7) is 4.26. The predicted octanol–water partition coefficient (Wildman–Crippen LogP) is 1.01. The van der Waals surface area contributed by atoms with E-state index >= 15 is 0 Å². The second-order valence-corrected chi connectivity index (χ2v) is 3.98. The van der Waals surface area contributed by atoms with E-state index in [4.69, 9.17) is 10.5 Å². The fraction of sp³-hybridized carbons (Fsp3) is 0.462. The maximum absolute atomic E-state index is 11.4. The minimum atomic E-state index is -0.502. The van der Waals surface area contributed by atoms with E-state index in [0.717, 1.165) is 23.3 Å². The monoisotopic (exact) mass is 236 g/mol. The van der Waals surface area contributed by atoms with Gasteiger partial charge in [0.15, 0.2) is 6.10 Å². The molecule has 1 aromatic carbocycles. The van der Waals surface area contributed by atoms with Crippen LogP contribution in [0.1, 0.15) is 18.1 Å². The molecule has 4 heteroatoms. The van der Waals surface area contributed by atoms with Gasteiger partial charge < -0.3 is 15.8 Å². The molecule has 0 aliphatic carbocycles. The molecule has 0 aromatic heterocycles. The van der Waals surface area contributed by atoms with Crippen LogP contribution in [0, 0.1) is 6.92 Å². The Morgan fingerprint density at radius 2 is 2.24 bits per heavy atom. The molecule has 0 bridgehead atoms. The summed E-state index contributed by atoms with van der Waals surface area (Å²) in [6, 6.07) is 5.91. The minimum Gasteiger partial charge on any atom is -0.480 e. The lowest BCUT2D eigenvalue weighted by atomic mass is 10.1. The van der Waals surface area contributed by atoms with Crippen LogP contribution in [0.2, 0.25) is 0 Å². The summed E-state index contributed by atoms with van der Waals surface area (Å²) >= 11 is 0. The summed E-state index contributed by atoms with van der Waals surface area (Å²) in [4.78, 5) is 11.4. The standard InChI is InChI=1S/C13H20N2O2/c1-9-5-4-6-11(7-8-14)12(9)17-10(2)13(16)15-3/h4-6,10H,7-8,14H2,1-3H3,(H,15,16). The van der Waals surface area contributed by atoms with Crippen LogP contribution in [0.4, 0.5) is 0 Å². The molecule has 1 rings (SSSR count). The van der Waals surface area contributed by atoms with Crippen molar-refractivity contribution in [3.63, 3.8) is 0 Å². The topological polar surface area (TPSA) is 64.3 Å². The molecule has 1 amide bonds. The normalized spacial score (nSPS) is 12.0. The zero-order valence-corrected chi connectivity index (χ0v) is 10.6. The summed E-state index contributed by atoms with van der Waals surface area (Å²) in [7, 11) is 1.60. The van der Waals surface area contributed by atoms with Crippen molar-refractivity contribution in [2.75, 3.05) is 13.6 Å². The number of nitrogens with one attached hydrogen (secondary N) is 1. The molecule has 4 nitrogen and oxygen atoms in total. The van der Waals surface area contributed by atoms with Gasteiger partial charge in [0.1, 0.15) is 5.75 Å². The molecule has 1 unspecified atom stereocenters. The fourth-order valence-corrected chi connectivity index (χ4v) is 1.67. The van der Waals surface area contributed by atoms with Crippen LogP contribution in [-0.4, -0.2) is 25.6 Å². The highest BCUT2D eigenvalue weighted by molar-refractivity contribution is 5.80. The predicted molar refractivity (Wildman–Crippen MR) is 68.1 cm³/mol. The molecule has 0 aliphatic rings. The quantitative estimate of drug-likeness (QED) is 0.802. The van der Waals surface area contributed by atoms with Gasteiger partial charge in [-0.25, -0.2) is 0 Å². The van der Waals surface area contributed by atoms with Gasteiger partial charge in [0.2, 0.25) is 0 Å². The van der Waals surface area contributed by atoms with E-state index in [-0.39, 0.29) is 5.91 Å². The highest BCUT2D eigenvalue weighted by Gasteiger charge is 2.15. The number of likely N-dealkylation sites (N-methyl/N-ethyl adjacent to an activating group) is 1. The highest BCUT2D eigenvalue weighted by Crippen LogP contribution is 2.24. The van der Waals surface area contributed by atoms with Crippen LogP contribution in [0.5, 0.6) is 5.75 Å². The van der Waals surface area contributed by atoms with E-state index in [1.807, 2.05) is 25.1 Å². The molecule has 1 aromatic rings. The average Bonchev–Trinajstić information content (AvgIpc) is 2.32. The molecule has 3 N–H and O–H groups in total. The van der Waals surface area contributed by atoms with Crippen LogP contribution < -0.4 is 15.8 Å². The third-order valence-corrected chi connectivity index (χ3v) is 2.62. The van der Waals surface area contributed by atoms with Gasteiger partial charge in [-0.2, -0.15) is 0 Å². The third-order valence-electron chi connectivity index (χ3n) is 2.62. The Bertz CT molecular complexity index is 391. The number of ether oxygens (including phenoxy) is 1. The van der Waals surface area contributed by atoms with Crippen LogP contribution in [0.15, 0.2) is 18.2 Å². The van der Waals surface area contributed by atoms with Gasteiger partial charge in [0, 0.05) is 7.05 Å². The zero-order valence-electron chi connectivity index (χ0n) is 10.6. The molecule has 94 valence electrons. The van der Waals surface area contributed by atoms with Crippen molar-refractivity contribution in [3.05, 3.63) is 29.3 Å². The number of aryl methyl sites for hydroxylation is 1. The second kappa shape index (κ2) is 6.25. The number of rotatable bonds is 5. The summed E-state index contributed by atoms with van der Waals surface area (Å²) in [5.74, 6) is 0.640. The molecule has 1 atom stereocenters. The van der Waals surface area contributed by atoms with E-state index in [0.29, 0.717) is 6.54 Å². The van der Waals surface area contributed by atoms with Gasteiger partial charge in [-0.1, -0.05) is 18.2 Å². The summed E-state index contributed by atoms with van der Waals surface area (Å²) < 4.78 is 5.71. The van der Waals surface area contributed by atoms with E-state index < -0.39 is 6.10 Å². The summed E-state index contributed by atoms with van der Waals surface area (Å²) in [5, 5.41) is 2.57. The number of hydrogen-bond donors (Lipinski definition) is 2. The lowest BCUT2D eigenvalue weighted by Crippen LogP contribution is -2.34. The Hall–Kier alpha value is -1.55. The van der Waals surface area contributed by atoms with Gasteiger partial charge in [-0.3, -0.25) is 4.79 Å². The molecule has 0 saturated carbocycles. The van der Waals surface area contributed by atoms with Crippen molar-refractivity contribution in [2.45, 2.75) is 26.4 Å². The first-order valence-electron chi connectivity index (χ1n) is 5.77. The molecule has 0 aliphatic heterocycles. The van der Waals surface area contributed by atoms with Crippen molar-refractivity contribution in [2.24, 2.45) is 5.73 Å². The maximum atomic E-state index is 11.4. The van der Waals surface area contributed by atoms with E-state index in [9.17, 15) is 4.79 Å². The third kappa shape index (κ3) is 3.46. The molecule has 0 heterocycles. The number of carbonyl (C=O) groups excluding carboxylic acids is 1. The Labute approximate surface area is 102 Å². The minimum absolute atomic E-state index is 0.132. The van der Waals surface area contributed by atoms with Gasteiger partial charge in [-0.15, -0.1) is 0 Å². The lowest BCUT2D eigenvalue weighted by Gasteiger charge is -2.18. The van der Waals surface area contributed by atoms with Crippen molar-refractivity contribution >= 4 is 5.91 Å². The van der Waals surface area contributed by atoms with Crippen LogP contribution >= 0.6 is 0 Å². The molecule has 0 spiro atoms. The largest absolute Gasteiger partial charge is 0.480 e. The number of hydrogen-bond acceptors (Lipinski definition) is 3. The zero-order chi connectivity index (χ0) is 12.8. The van der Waals surface area contributed by atoms with Crippen molar-refractivity contribution in [3.8, 4) is 5.75 Å². The Morgan fingerprint density at radius 1 is 1.53 bits per heavy atom. The number of nitrogens with two attached hydrogens (primary N) is 1. The van der Waals surface area contributed by atoms with Crippen molar-refractivity contribution in [1.29, 1.82) is 0 Å². The molecular weight excluding hydrogens is 216 g/mol. The fourth-order valence-electron chi connectivity index (χ4n) is 1.67. The Kier molecular flexibility index (Phi) is 4.97. The highest BCUT2D eigenvalue weighted by atomic mass is 16.5. The van der Waals surface area contributed by atoms with Crippen LogP contribution in [0.3, 0.4) is 0 Å². The first kappa shape index (κ1) is 13.5. The molecule has 17 heavy (non-hydrogen) atoms. The number of benzene rings is 1. The van der Waals surface area contributed by atoms with Crippen LogP contribution in [-0.2, 0) is 11.2 Å². The number of para-hydroxylation sites is 1. The maximum Gasteiger partial charge on any atom is 0.260 e. The van der Waals surface area contributed by atoms with Crippen LogP contribution in [0.25, 0.3) is 0 Å². The lowest BCUT2D eigenvalue weighted by molar-refractivity contribution is -0.126. The van der Waals surface area contributed by atoms with E-state index in [1.165, 1.54) is 0 Å². The molecular formula is C13H20N2O2. The average molecular weight is 236 g/mol. The van der Waals surface area contributed by atoms with Crippen molar-refractivity contribution < 1.29 is 9.53 Å². The van der Waals surface area contributed by atoms with Gasteiger partial charge in [0.05, 0.1) is 0 Å². The number of amides is 1. The first-order valence-corrected chi connectivity index (χ1v) is 5.77. The summed E-state index contributed by atoms with van der Waals surface area (Å²) in [6.07, 6.45) is 0.245. The summed E-state index contributed by atoms with van der Waals surface area (Å²) in [5.41, 5.74) is 7.63. The number of carbonyl (C=O) groups is 1. The van der Waals surface area contributed by atoms with Gasteiger partial charge in [-0.05, 0) is 37.9 Å². The van der Waals surface area contributed by atoms with E-state index in [2.05, 4.69) is 5.32 Å². The van der Waals surface area contributed by atoms with Crippen molar-refractivity contribution in [1.82, 2.24) is 5.32 Å². The van der Waals surface area contributed by atoms with E-state index in [1.54, 1.807) is 14.0 Å². The SMILES string of the molecule is CNC(=O)C(C)Oc1c(C)cccc1CCN. The second-order valence-electron chi connectivity index (χ2n) is 3.98. The smallest absolute Gasteiger partial charge is 0.260 e. The van der Waals surface area contributed by atoms with Gasteiger partial charge in [0.25, 0.3) is 5.91 Å². The Morgan fingerprint density at radius 3 is 2.82 bits per heavy atom. The molecule has 0 saturated heterocycles. The Balaban J connectivity index is 2.92.